The third-order valence-electron chi connectivity index (χ3n) is 5.35. The van der Waals surface area contributed by atoms with Gasteiger partial charge < -0.3 is 0 Å². The van der Waals surface area contributed by atoms with E-state index in [1.807, 2.05) is 0 Å². The second-order valence-corrected chi connectivity index (χ2v) is 7.63. The summed E-state index contributed by atoms with van der Waals surface area (Å²) in [5.74, 6) is 0.267. The zero-order chi connectivity index (χ0) is 14.0. The third-order valence-corrected chi connectivity index (χ3v) is 5.35. The average molecular weight is 256 g/mol. The van der Waals surface area contributed by atoms with E-state index in [-0.39, 0.29) is 16.6 Å². The Labute approximate surface area is 116 Å². The molecule has 1 aromatic carbocycles. The molecular weight excluding hydrogens is 232 g/mol. The van der Waals surface area contributed by atoms with Crippen LogP contribution in [0.2, 0.25) is 0 Å². The number of carbonyl (C=O) groups excluding carboxylic acids is 1. The molecule has 2 aliphatic rings. The van der Waals surface area contributed by atoms with Crippen molar-refractivity contribution in [2.45, 2.75) is 71.1 Å². The van der Waals surface area contributed by atoms with Crippen LogP contribution in [0.15, 0.2) is 6.07 Å². The van der Waals surface area contributed by atoms with Gasteiger partial charge in [0.25, 0.3) is 0 Å². The number of hydrogen-bond acceptors (Lipinski definition) is 1. The van der Waals surface area contributed by atoms with Crippen LogP contribution in [-0.2, 0) is 23.7 Å². The number of ketones is 1. The fourth-order valence-electron chi connectivity index (χ4n) is 4.07. The minimum absolute atomic E-state index is 0.229. The second kappa shape index (κ2) is 3.71. The summed E-state index contributed by atoms with van der Waals surface area (Å²) in [6.07, 6.45) is 4.49. The molecule has 0 bridgehead atoms. The van der Waals surface area contributed by atoms with E-state index in [0.29, 0.717) is 0 Å². The molecule has 1 nitrogen and oxygen atoms in total. The van der Waals surface area contributed by atoms with Crippen molar-refractivity contribution in [3.05, 3.63) is 33.9 Å². The molecule has 1 heteroatoms. The van der Waals surface area contributed by atoms with Gasteiger partial charge in [0.2, 0.25) is 0 Å². The van der Waals surface area contributed by atoms with E-state index in [0.717, 1.165) is 18.4 Å². The van der Waals surface area contributed by atoms with Gasteiger partial charge >= 0.3 is 0 Å². The van der Waals surface area contributed by atoms with E-state index in [9.17, 15) is 4.79 Å². The normalized spacial score (nSPS) is 22.2. The molecule has 3 rings (SSSR count). The Hall–Kier alpha value is -1.11. The molecule has 0 atom stereocenters. The molecule has 102 valence electrons. The fraction of sp³-hybridized carbons (Fsp3) is 0.611. The van der Waals surface area contributed by atoms with Crippen LogP contribution in [0.1, 0.15) is 80.1 Å². The van der Waals surface area contributed by atoms with Crippen LogP contribution in [0, 0.1) is 0 Å². The van der Waals surface area contributed by atoms with Crippen molar-refractivity contribution < 1.29 is 4.79 Å². The molecule has 0 aliphatic heterocycles. The summed E-state index contributed by atoms with van der Waals surface area (Å²) >= 11 is 0. The maximum Gasteiger partial charge on any atom is 0.160 e. The Morgan fingerprint density at radius 2 is 1.37 bits per heavy atom. The van der Waals surface area contributed by atoms with Gasteiger partial charge in [0, 0.05) is 5.56 Å². The molecule has 0 N–H and O–H groups in total. The van der Waals surface area contributed by atoms with Crippen molar-refractivity contribution in [1.82, 2.24) is 0 Å². The van der Waals surface area contributed by atoms with E-state index in [1.54, 1.807) is 6.92 Å². The van der Waals surface area contributed by atoms with E-state index >= 15 is 0 Å². The first kappa shape index (κ1) is 12.9. The van der Waals surface area contributed by atoms with Crippen molar-refractivity contribution >= 4 is 5.78 Å². The summed E-state index contributed by atoms with van der Waals surface area (Å²) in [5.41, 5.74) is 7.12. The first-order valence-electron chi connectivity index (χ1n) is 7.45. The highest BCUT2D eigenvalue weighted by molar-refractivity contribution is 5.98. The molecule has 0 heterocycles. The highest BCUT2D eigenvalue weighted by Crippen LogP contribution is 2.48. The molecule has 0 radical (unpaired) electrons. The Bertz CT molecular complexity index is 534. The lowest BCUT2D eigenvalue weighted by molar-refractivity contribution is 0.101. The van der Waals surface area contributed by atoms with Gasteiger partial charge in [-0.15, -0.1) is 0 Å². The van der Waals surface area contributed by atoms with Gasteiger partial charge in [0.05, 0.1) is 0 Å². The summed E-state index contributed by atoms with van der Waals surface area (Å²) in [6.45, 7) is 11.0. The highest BCUT2D eigenvalue weighted by Gasteiger charge is 2.39. The molecular formula is C18H24O. The lowest BCUT2D eigenvalue weighted by Gasteiger charge is -2.25. The fourth-order valence-corrected chi connectivity index (χ4v) is 4.07. The number of fused-ring (bicyclic) bond motifs is 2. The van der Waals surface area contributed by atoms with Crippen LogP contribution in [0.4, 0.5) is 0 Å². The second-order valence-electron chi connectivity index (χ2n) is 7.63. The van der Waals surface area contributed by atoms with Crippen molar-refractivity contribution in [1.29, 1.82) is 0 Å². The molecule has 0 saturated carbocycles. The molecule has 1 aromatic rings. The zero-order valence-electron chi connectivity index (χ0n) is 12.8. The van der Waals surface area contributed by atoms with Crippen molar-refractivity contribution in [3.63, 3.8) is 0 Å². The maximum atomic E-state index is 12.2. The van der Waals surface area contributed by atoms with Gasteiger partial charge in [-0.2, -0.15) is 0 Å². The van der Waals surface area contributed by atoms with Crippen LogP contribution in [-0.4, -0.2) is 5.78 Å². The number of Topliss-reactive ketones (excluding diaryl/α,β-unsaturated/α-hetero) is 1. The minimum Gasteiger partial charge on any atom is -0.294 e. The zero-order valence-corrected chi connectivity index (χ0v) is 12.8. The summed E-state index contributed by atoms with van der Waals surface area (Å²) in [7, 11) is 0. The van der Waals surface area contributed by atoms with Gasteiger partial charge in [-0.05, 0) is 65.7 Å². The van der Waals surface area contributed by atoms with E-state index in [2.05, 4.69) is 33.8 Å². The number of hydrogen-bond donors (Lipinski definition) is 0. The first-order chi connectivity index (χ1) is 8.74. The van der Waals surface area contributed by atoms with Crippen LogP contribution in [0.25, 0.3) is 0 Å². The largest absolute Gasteiger partial charge is 0.294 e. The summed E-state index contributed by atoms with van der Waals surface area (Å²) < 4.78 is 0. The molecule has 0 spiro atoms. The summed E-state index contributed by atoms with van der Waals surface area (Å²) in [4.78, 5) is 12.2. The predicted octanol–water partition coefficient (Wildman–Crippen LogP) is 4.34. The topological polar surface area (TPSA) is 17.1 Å². The highest BCUT2D eigenvalue weighted by atomic mass is 16.1. The van der Waals surface area contributed by atoms with E-state index in [1.165, 1.54) is 35.1 Å². The predicted molar refractivity (Wildman–Crippen MR) is 79.1 cm³/mol. The quantitative estimate of drug-likeness (QED) is 0.683. The smallest absolute Gasteiger partial charge is 0.160 e. The molecule has 0 amide bonds. The number of carbonyl (C=O) groups is 1. The number of rotatable bonds is 1. The SMILES string of the molecule is CC(=O)c1c2c(cc3c1CCC3(C)C)C(C)(C)CC2. The molecule has 0 fully saturated rings. The lowest BCUT2D eigenvalue weighted by Crippen LogP contribution is -2.17. The Morgan fingerprint density at radius 3 is 1.74 bits per heavy atom. The van der Waals surface area contributed by atoms with Crippen LogP contribution in [0.3, 0.4) is 0 Å². The van der Waals surface area contributed by atoms with Crippen LogP contribution >= 0.6 is 0 Å². The van der Waals surface area contributed by atoms with Crippen LogP contribution in [0.5, 0.6) is 0 Å². The first-order valence-corrected chi connectivity index (χ1v) is 7.45. The van der Waals surface area contributed by atoms with Crippen LogP contribution < -0.4 is 0 Å². The van der Waals surface area contributed by atoms with E-state index < -0.39 is 0 Å². The van der Waals surface area contributed by atoms with Crippen molar-refractivity contribution in [2.24, 2.45) is 0 Å². The number of benzene rings is 1. The van der Waals surface area contributed by atoms with Crippen molar-refractivity contribution in [3.8, 4) is 0 Å². The standard InChI is InChI=1S/C18H24O/c1-11(19)16-12-6-8-17(2,3)14(12)10-15-13(16)7-9-18(15,4)5/h10H,6-9H2,1-5H3. The Balaban J connectivity index is 2.35. The lowest BCUT2D eigenvalue weighted by atomic mass is 9.79. The van der Waals surface area contributed by atoms with Gasteiger partial charge in [0.15, 0.2) is 5.78 Å². The van der Waals surface area contributed by atoms with Gasteiger partial charge in [-0.3, -0.25) is 4.79 Å². The monoisotopic (exact) mass is 256 g/mol. The average Bonchev–Trinajstić information content (AvgIpc) is 2.76. The minimum atomic E-state index is 0.229. The molecule has 2 aliphatic carbocycles. The van der Waals surface area contributed by atoms with E-state index in [4.69, 9.17) is 0 Å². The molecule has 19 heavy (non-hydrogen) atoms. The maximum absolute atomic E-state index is 12.2. The molecule has 0 unspecified atom stereocenters. The Morgan fingerprint density at radius 1 is 0.947 bits per heavy atom. The molecule has 0 saturated heterocycles. The van der Waals surface area contributed by atoms with Gasteiger partial charge in [-0.1, -0.05) is 33.8 Å². The third kappa shape index (κ3) is 1.70. The molecule has 0 aromatic heterocycles. The summed E-state index contributed by atoms with van der Waals surface area (Å²) in [6, 6.07) is 2.43. The summed E-state index contributed by atoms with van der Waals surface area (Å²) in [5, 5.41) is 0. The van der Waals surface area contributed by atoms with Gasteiger partial charge in [0.1, 0.15) is 0 Å². The van der Waals surface area contributed by atoms with Gasteiger partial charge in [-0.25, -0.2) is 0 Å². The Kier molecular flexibility index (Phi) is 2.52. The van der Waals surface area contributed by atoms with Crippen molar-refractivity contribution in [2.75, 3.05) is 0 Å².